The van der Waals surface area contributed by atoms with Crippen LogP contribution in [0.4, 0.5) is 4.79 Å². The third-order valence-corrected chi connectivity index (χ3v) is 6.15. The predicted octanol–water partition coefficient (Wildman–Crippen LogP) is 0.940. The lowest BCUT2D eigenvalue weighted by Crippen LogP contribution is -2.62. The van der Waals surface area contributed by atoms with Gasteiger partial charge in [-0.05, 0) is 32.9 Å². The van der Waals surface area contributed by atoms with E-state index in [1.54, 1.807) is 39.0 Å². The summed E-state index contributed by atoms with van der Waals surface area (Å²) in [5, 5.41) is 0. The Morgan fingerprint density at radius 2 is 1.73 bits per heavy atom. The van der Waals surface area contributed by atoms with Crippen LogP contribution in [0.25, 0.3) is 0 Å². The first kappa shape index (κ1) is 18.6. The van der Waals surface area contributed by atoms with Crippen LogP contribution in [0.1, 0.15) is 31.3 Å². The average molecular weight is 381 g/mol. The standard InChI is InChI=1S/C17H23N3O5S/c1-17(2,3)25-16(22)20-9-8-19(13-10-26(23,24)11-14(13)20)15(21)12-6-4-5-7-18-12/h4-7,13-14H,8-11H2,1-3H3/t13-,14+/m0/s1. The Hall–Kier alpha value is -2.16. The summed E-state index contributed by atoms with van der Waals surface area (Å²) in [6.45, 7) is 5.74. The number of nitrogens with zero attached hydrogens (tertiary/aromatic N) is 3. The summed E-state index contributed by atoms with van der Waals surface area (Å²) < 4.78 is 29.9. The quantitative estimate of drug-likeness (QED) is 0.718. The number of rotatable bonds is 1. The molecule has 9 heteroatoms. The first-order chi connectivity index (χ1) is 12.1. The topological polar surface area (TPSA) is 96.9 Å². The molecule has 0 bridgehead atoms. The summed E-state index contributed by atoms with van der Waals surface area (Å²) in [6.07, 6.45) is 0.974. The van der Waals surface area contributed by atoms with E-state index in [1.807, 2.05) is 0 Å². The lowest BCUT2D eigenvalue weighted by Gasteiger charge is -2.43. The van der Waals surface area contributed by atoms with Crippen LogP contribution in [0.5, 0.6) is 0 Å². The van der Waals surface area contributed by atoms with Crippen molar-refractivity contribution in [3.8, 4) is 0 Å². The number of hydrogen-bond acceptors (Lipinski definition) is 6. The van der Waals surface area contributed by atoms with Crippen molar-refractivity contribution in [2.45, 2.75) is 38.5 Å². The molecule has 0 aliphatic carbocycles. The highest BCUT2D eigenvalue weighted by Crippen LogP contribution is 2.29. The number of amides is 2. The highest BCUT2D eigenvalue weighted by atomic mass is 32.2. The zero-order chi connectivity index (χ0) is 19.1. The fourth-order valence-corrected chi connectivity index (χ4v) is 5.37. The number of sulfone groups is 1. The van der Waals surface area contributed by atoms with E-state index in [1.165, 1.54) is 16.0 Å². The Morgan fingerprint density at radius 1 is 1.12 bits per heavy atom. The van der Waals surface area contributed by atoms with Gasteiger partial charge >= 0.3 is 6.09 Å². The first-order valence-electron chi connectivity index (χ1n) is 8.49. The van der Waals surface area contributed by atoms with Gasteiger partial charge in [-0.15, -0.1) is 0 Å². The van der Waals surface area contributed by atoms with Crippen LogP contribution < -0.4 is 0 Å². The Balaban J connectivity index is 1.86. The molecule has 8 nitrogen and oxygen atoms in total. The number of carbonyl (C=O) groups is 2. The van der Waals surface area contributed by atoms with Gasteiger partial charge < -0.3 is 14.5 Å². The van der Waals surface area contributed by atoms with Crippen molar-refractivity contribution in [1.82, 2.24) is 14.8 Å². The minimum atomic E-state index is -3.35. The summed E-state index contributed by atoms with van der Waals surface area (Å²) in [5.41, 5.74) is -0.411. The fourth-order valence-electron chi connectivity index (χ4n) is 3.39. The molecular weight excluding hydrogens is 358 g/mol. The molecule has 0 spiro atoms. The largest absolute Gasteiger partial charge is 0.444 e. The lowest BCUT2D eigenvalue weighted by atomic mass is 10.0. The molecule has 26 heavy (non-hydrogen) atoms. The van der Waals surface area contributed by atoms with Crippen molar-refractivity contribution in [2.24, 2.45) is 0 Å². The van der Waals surface area contributed by atoms with Gasteiger partial charge in [0.05, 0.1) is 23.6 Å². The molecule has 2 amide bonds. The van der Waals surface area contributed by atoms with Crippen molar-refractivity contribution in [3.05, 3.63) is 30.1 Å². The summed E-state index contributed by atoms with van der Waals surface area (Å²) >= 11 is 0. The Labute approximate surface area is 153 Å². The highest BCUT2D eigenvalue weighted by molar-refractivity contribution is 7.91. The predicted molar refractivity (Wildman–Crippen MR) is 94.4 cm³/mol. The Morgan fingerprint density at radius 3 is 2.31 bits per heavy atom. The van der Waals surface area contributed by atoms with Crippen molar-refractivity contribution in [3.63, 3.8) is 0 Å². The SMILES string of the molecule is CC(C)(C)OC(=O)N1CCN(C(=O)c2ccccn2)[C@H]2CS(=O)(=O)C[C@H]21. The molecule has 2 aliphatic rings. The van der Waals surface area contributed by atoms with E-state index in [4.69, 9.17) is 4.74 Å². The van der Waals surface area contributed by atoms with E-state index in [9.17, 15) is 18.0 Å². The van der Waals surface area contributed by atoms with Gasteiger partial charge in [-0.25, -0.2) is 13.2 Å². The Bertz CT molecular complexity index is 803. The highest BCUT2D eigenvalue weighted by Gasteiger charge is 2.50. The molecule has 2 saturated heterocycles. The molecular formula is C17H23N3O5S. The fraction of sp³-hybridized carbons (Fsp3) is 0.588. The molecule has 2 fully saturated rings. The van der Waals surface area contributed by atoms with Crippen LogP contribution in [0.2, 0.25) is 0 Å². The zero-order valence-electron chi connectivity index (χ0n) is 15.1. The lowest BCUT2D eigenvalue weighted by molar-refractivity contribution is -0.00705. The van der Waals surface area contributed by atoms with Crippen molar-refractivity contribution >= 4 is 21.8 Å². The van der Waals surface area contributed by atoms with Crippen LogP contribution in [-0.4, -0.2) is 77.5 Å². The number of pyridine rings is 1. The van der Waals surface area contributed by atoms with E-state index in [-0.39, 0.29) is 36.2 Å². The van der Waals surface area contributed by atoms with Crippen molar-refractivity contribution < 1.29 is 22.7 Å². The average Bonchev–Trinajstić information content (AvgIpc) is 2.87. The monoisotopic (exact) mass is 381 g/mol. The van der Waals surface area contributed by atoms with E-state index in [0.29, 0.717) is 0 Å². The summed E-state index contributed by atoms with van der Waals surface area (Å²) in [6, 6.07) is 3.83. The van der Waals surface area contributed by atoms with Crippen LogP contribution in [0, 0.1) is 0 Å². The maximum absolute atomic E-state index is 12.8. The van der Waals surface area contributed by atoms with E-state index in [2.05, 4.69) is 4.98 Å². The second-order valence-corrected chi connectivity index (χ2v) is 9.75. The summed E-state index contributed by atoms with van der Waals surface area (Å²) in [4.78, 5) is 32.3. The van der Waals surface area contributed by atoms with Gasteiger partial charge in [0, 0.05) is 19.3 Å². The van der Waals surface area contributed by atoms with Gasteiger partial charge in [-0.2, -0.15) is 0 Å². The van der Waals surface area contributed by atoms with Gasteiger partial charge in [-0.1, -0.05) is 6.07 Å². The molecule has 0 unspecified atom stereocenters. The Kier molecular flexibility index (Phi) is 4.68. The van der Waals surface area contributed by atoms with Crippen LogP contribution in [0.3, 0.4) is 0 Å². The number of aromatic nitrogens is 1. The van der Waals surface area contributed by atoms with Crippen LogP contribution >= 0.6 is 0 Å². The molecule has 142 valence electrons. The number of hydrogen-bond donors (Lipinski definition) is 0. The van der Waals surface area contributed by atoms with Gasteiger partial charge in [0.2, 0.25) is 0 Å². The van der Waals surface area contributed by atoms with Crippen molar-refractivity contribution in [2.75, 3.05) is 24.6 Å². The van der Waals surface area contributed by atoms with Gasteiger partial charge in [0.15, 0.2) is 9.84 Å². The number of piperazine rings is 1. The molecule has 2 atom stereocenters. The first-order valence-corrected chi connectivity index (χ1v) is 10.3. The maximum Gasteiger partial charge on any atom is 0.410 e. The molecule has 0 aromatic carbocycles. The van der Waals surface area contributed by atoms with Crippen LogP contribution in [-0.2, 0) is 14.6 Å². The molecule has 1 aromatic rings. The molecule has 2 aliphatic heterocycles. The summed E-state index contributed by atoms with van der Waals surface area (Å²) in [5.74, 6) is -0.639. The van der Waals surface area contributed by atoms with Crippen molar-refractivity contribution in [1.29, 1.82) is 0 Å². The van der Waals surface area contributed by atoms with E-state index >= 15 is 0 Å². The van der Waals surface area contributed by atoms with Gasteiger partial charge in [0.1, 0.15) is 11.3 Å². The molecule has 3 heterocycles. The molecule has 0 N–H and O–H groups in total. The number of carbonyl (C=O) groups excluding carboxylic acids is 2. The minimum absolute atomic E-state index is 0.157. The molecule has 0 radical (unpaired) electrons. The number of ether oxygens (including phenoxy) is 1. The smallest absolute Gasteiger partial charge is 0.410 e. The maximum atomic E-state index is 12.8. The molecule has 1 aromatic heterocycles. The third-order valence-electron chi connectivity index (χ3n) is 4.45. The summed E-state index contributed by atoms with van der Waals surface area (Å²) in [7, 11) is -3.35. The third kappa shape index (κ3) is 3.82. The van der Waals surface area contributed by atoms with Crippen LogP contribution in [0.15, 0.2) is 24.4 Å². The van der Waals surface area contributed by atoms with E-state index < -0.39 is 33.6 Å². The molecule has 3 rings (SSSR count). The van der Waals surface area contributed by atoms with E-state index in [0.717, 1.165) is 0 Å². The normalized spacial score (nSPS) is 24.9. The van der Waals surface area contributed by atoms with Gasteiger partial charge in [0.25, 0.3) is 5.91 Å². The number of fused-ring (bicyclic) bond motifs is 1. The second-order valence-electron chi connectivity index (χ2n) is 7.60. The molecule has 0 saturated carbocycles. The minimum Gasteiger partial charge on any atom is -0.444 e. The zero-order valence-corrected chi connectivity index (χ0v) is 15.9. The van der Waals surface area contributed by atoms with Gasteiger partial charge in [-0.3, -0.25) is 9.78 Å². The second kappa shape index (κ2) is 6.53.